The van der Waals surface area contributed by atoms with Gasteiger partial charge in [0.15, 0.2) is 0 Å². The molecule has 0 saturated carbocycles. The second-order valence-electron chi connectivity index (χ2n) is 4.86. The zero-order valence-electron chi connectivity index (χ0n) is 10.6. The van der Waals surface area contributed by atoms with E-state index in [9.17, 15) is 9.90 Å². The minimum absolute atomic E-state index is 0.384. The number of aryl methyl sites for hydroxylation is 2. The molecule has 0 atom stereocenters. The number of aromatic nitrogens is 1. The van der Waals surface area contributed by atoms with Gasteiger partial charge in [0.25, 0.3) is 0 Å². The summed E-state index contributed by atoms with van der Waals surface area (Å²) >= 11 is 0. The monoisotopic (exact) mass is 231 g/mol. The molecule has 2 aromatic rings. The lowest BCUT2D eigenvalue weighted by atomic mass is 9.99. The van der Waals surface area contributed by atoms with Crippen molar-refractivity contribution in [2.45, 2.75) is 26.7 Å². The molecule has 1 aromatic heterocycles. The van der Waals surface area contributed by atoms with Crippen LogP contribution in [0.25, 0.3) is 10.9 Å². The van der Waals surface area contributed by atoms with Gasteiger partial charge < -0.3 is 9.67 Å². The van der Waals surface area contributed by atoms with Gasteiger partial charge in [-0.2, -0.15) is 0 Å². The first kappa shape index (κ1) is 11.7. The number of carboxylic acids is 1. The van der Waals surface area contributed by atoms with Gasteiger partial charge in [-0.1, -0.05) is 13.8 Å². The highest BCUT2D eigenvalue weighted by Gasteiger charge is 2.16. The molecule has 1 N–H and O–H groups in total. The number of aromatic carboxylic acids is 1. The number of hydrogen-bond acceptors (Lipinski definition) is 1. The average Bonchev–Trinajstić information content (AvgIpc) is 2.54. The van der Waals surface area contributed by atoms with E-state index < -0.39 is 5.97 Å². The maximum Gasteiger partial charge on any atom is 0.337 e. The normalized spacial score (nSPS) is 11.4. The molecule has 0 aliphatic heterocycles. The highest BCUT2D eigenvalue weighted by atomic mass is 16.4. The van der Waals surface area contributed by atoms with Gasteiger partial charge in [0.05, 0.1) is 11.1 Å². The Morgan fingerprint density at radius 3 is 2.53 bits per heavy atom. The minimum Gasteiger partial charge on any atom is -0.478 e. The molecular weight excluding hydrogens is 214 g/mol. The second kappa shape index (κ2) is 3.91. The van der Waals surface area contributed by atoms with Crippen LogP contribution in [0.15, 0.2) is 18.3 Å². The summed E-state index contributed by atoms with van der Waals surface area (Å²) in [5.74, 6) is -0.475. The zero-order valence-corrected chi connectivity index (χ0v) is 10.6. The third-order valence-electron chi connectivity index (χ3n) is 3.10. The molecular formula is C14H17NO2. The topological polar surface area (TPSA) is 42.2 Å². The Labute approximate surface area is 101 Å². The number of benzene rings is 1. The van der Waals surface area contributed by atoms with Crippen molar-refractivity contribution in [3.63, 3.8) is 0 Å². The first-order chi connectivity index (χ1) is 7.91. The summed E-state index contributed by atoms with van der Waals surface area (Å²) in [6, 6.07) is 3.80. The molecule has 0 radical (unpaired) electrons. The van der Waals surface area contributed by atoms with E-state index in [0.717, 1.165) is 16.5 Å². The smallest absolute Gasteiger partial charge is 0.337 e. The van der Waals surface area contributed by atoms with Crippen LogP contribution in [0.2, 0.25) is 0 Å². The van der Waals surface area contributed by atoms with Crippen LogP contribution in [-0.4, -0.2) is 15.6 Å². The fourth-order valence-corrected chi connectivity index (χ4v) is 2.34. The Balaban J connectivity index is 2.90. The van der Waals surface area contributed by atoms with Gasteiger partial charge >= 0.3 is 5.97 Å². The van der Waals surface area contributed by atoms with Crippen molar-refractivity contribution in [2.24, 2.45) is 7.05 Å². The van der Waals surface area contributed by atoms with E-state index in [1.807, 2.05) is 24.7 Å². The number of carboxylic acid groups (broad SMARTS) is 1. The van der Waals surface area contributed by atoms with Crippen LogP contribution in [0.5, 0.6) is 0 Å². The Kier molecular flexibility index (Phi) is 2.69. The second-order valence-corrected chi connectivity index (χ2v) is 4.86. The fraction of sp³-hybridized carbons (Fsp3) is 0.357. The average molecular weight is 231 g/mol. The molecule has 1 heterocycles. The lowest BCUT2D eigenvalue weighted by Gasteiger charge is -2.05. The van der Waals surface area contributed by atoms with Gasteiger partial charge in [-0.25, -0.2) is 4.79 Å². The van der Waals surface area contributed by atoms with Crippen molar-refractivity contribution in [1.82, 2.24) is 4.57 Å². The quantitative estimate of drug-likeness (QED) is 0.861. The fourth-order valence-electron chi connectivity index (χ4n) is 2.34. The van der Waals surface area contributed by atoms with E-state index in [0.29, 0.717) is 11.5 Å². The predicted octanol–water partition coefficient (Wildman–Crippen LogP) is 3.31. The minimum atomic E-state index is -0.866. The SMILES string of the molecule is Cc1cc(C(=O)O)c2c(c1)c(C(C)C)cn2C. The largest absolute Gasteiger partial charge is 0.478 e. The Morgan fingerprint density at radius 1 is 1.35 bits per heavy atom. The number of carbonyl (C=O) groups is 1. The number of rotatable bonds is 2. The molecule has 0 bridgehead atoms. The number of hydrogen-bond donors (Lipinski definition) is 1. The lowest BCUT2D eigenvalue weighted by Crippen LogP contribution is -2.01. The highest BCUT2D eigenvalue weighted by molar-refractivity contribution is 6.04. The lowest BCUT2D eigenvalue weighted by molar-refractivity contribution is 0.0698. The van der Waals surface area contributed by atoms with Crippen LogP contribution >= 0.6 is 0 Å². The van der Waals surface area contributed by atoms with Gasteiger partial charge in [0.1, 0.15) is 0 Å². The van der Waals surface area contributed by atoms with Crippen molar-refractivity contribution in [2.75, 3.05) is 0 Å². The van der Waals surface area contributed by atoms with E-state index in [-0.39, 0.29) is 0 Å². The Hall–Kier alpha value is -1.77. The maximum absolute atomic E-state index is 11.3. The summed E-state index contributed by atoms with van der Waals surface area (Å²) in [6.45, 7) is 6.18. The first-order valence-corrected chi connectivity index (χ1v) is 5.74. The van der Waals surface area contributed by atoms with Crippen molar-refractivity contribution < 1.29 is 9.90 Å². The molecule has 1 aromatic carbocycles. The molecule has 0 aliphatic rings. The van der Waals surface area contributed by atoms with Crippen LogP contribution in [0.3, 0.4) is 0 Å². The Bertz CT molecular complexity index is 594. The summed E-state index contributed by atoms with van der Waals surface area (Å²) < 4.78 is 1.91. The first-order valence-electron chi connectivity index (χ1n) is 5.74. The molecule has 17 heavy (non-hydrogen) atoms. The molecule has 3 heteroatoms. The van der Waals surface area contributed by atoms with Gasteiger partial charge in [-0.3, -0.25) is 0 Å². The molecule has 2 rings (SSSR count). The zero-order chi connectivity index (χ0) is 12.7. The molecule has 0 amide bonds. The molecule has 90 valence electrons. The molecule has 3 nitrogen and oxygen atoms in total. The van der Waals surface area contributed by atoms with Crippen LogP contribution in [0.4, 0.5) is 0 Å². The molecule has 0 unspecified atom stereocenters. The van der Waals surface area contributed by atoms with Crippen LogP contribution in [-0.2, 0) is 7.05 Å². The maximum atomic E-state index is 11.3. The van der Waals surface area contributed by atoms with Crippen molar-refractivity contribution in [3.8, 4) is 0 Å². The van der Waals surface area contributed by atoms with Gasteiger partial charge in [-0.05, 0) is 36.1 Å². The van der Waals surface area contributed by atoms with Crippen molar-refractivity contribution in [3.05, 3.63) is 35.0 Å². The van der Waals surface area contributed by atoms with E-state index in [4.69, 9.17) is 0 Å². The van der Waals surface area contributed by atoms with Crippen LogP contribution in [0, 0.1) is 6.92 Å². The third kappa shape index (κ3) is 1.82. The van der Waals surface area contributed by atoms with E-state index in [1.54, 1.807) is 6.07 Å². The Morgan fingerprint density at radius 2 is 2.00 bits per heavy atom. The summed E-state index contributed by atoms with van der Waals surface area (Å²) in [5, 5.41) is 10.3. The third-order valence-corrected chi connectivity index (χ3v) is 3.10. The predicted molar refractivity (Wildman–Crippen MR) is 68.7 cm³/mol. The van der Waals surface area contributed by atoms with Crippen LogP contribution in [0.1, 0.15) is 41.3 Å². The molecule has 0 aliphatic carbocycles. The van der Waals surface area contributed by atoms with Gasteiger partial charge in [0.2, 0.25) is 0 Å². The summed E-state index contributed by atoms with van der Waals surface area (Å²) in [7, 11) is 1.90. The van der Waals surface area contributed by atoms with E-state index in [1.165, 1.54) is 5.56 Å². The number of fused-ring (bicyclic) bond motifs is 1. The standard InChI is InChI=1S/C14H17NO2/c1-8(2)12-7-15(4)13-10(12)5-9(3)6-11(13)14(16)17/h5-8H,1-4H3,(H,16,17). The highest BCUT2D eigenvalue weighted by Crippen LogP contribution is 2.30. The van der Waals surface area contributed by atoms with E-state index in [2.05, 4.69) is 19.9 Å². The summed E-state index contributed by atoms with van der Waals surface area (Å²) in [4.78, 5) is 11.3. The molecule has 0 saturated heterocycles. The van der Waals surface area contributed by atoms with Gasteiger partial charge in [-0.15, -0.1) is 0 Å². The summed E-state index contributed by atoms with van der Waals surface area (Å²) in [6.07, 6.45) is 2.03. The summed E-state index contributed by atoms with van der Waals surface area (Å²) in [5.41, 5.74) is 3.39. The number of nitrogens with zero attached hydrogens (tertiary/aromatic N) is 1. The molecule has 0 fully saturated rings. The van der Waals surface area contributed by atoms with Crippen molar-refractivity contribution >= 4 is 16.9 Å². The molecule has 0 spiro atoms. The van der Waals surface area contributed by atoms with Gasteiger partial charge in [0, 0.05) is 18.6 Å². The van der Waals surface area contributed by atoms with Crippen LogP contribution < -0.4 is 0 Å². The van der Waals surface area contributed by atoms with Crippen molar-refractivity contribution in [1.29, 1.82) is 0 Å². The van der Waals surface area contributed by atoms with E-state index >= 15 is 0 Å².